The van der Waals surface area contributed by atoms with Crippen LogP contribution in [-0.2, 0) is 11.2 Å². The molecule has 59 heavy (non-hydrogen) atoms. The molecule has 4 saturated carbocycles. The fourth-order valence-corrected chi connectivity index (χ4v) is 14.3. The van der Waals surface area contributed by atoms with Gasteiger partial charge in [-0.2, -0.15) is 0 Å². The van der Waals surface area contributed by atoms with E-state index < -0.39 is 6.10 Å². The molecule has 1 aromatic rings. The van der Waals surface area contributed by atoms with Gasteiger partial charge in [-0.25, -0.2) is 0 Å². The van der Waals surface area contributed by atoms with Crippen LogP contribution in [0.5, 0.6) is 11.5 Å². The van der Waals surface area contributed by atoms with Gasteiger partial charge in [0.05, 0.1) is 18.3 Å². The van der Waals surface area contributed by atoms with Crippen LogP contribution in [0.2, 0.25) is 0 Å². The van der Waals surface area contributed by atoms with Gasteiger partial charge in [0.25, 0.3) is 0 Å². The molecule has 1 aromatic carbocycles. The maximum atomic E-state index is 13.7. The number of fused-ring (bicyclic) bond motifs is 6. The van der Waals surface area contributed by atoms with E-state index in [1.54, 1.807) is 0 Å². The smallest absolute Gasteiger partial charge is 0.311 e. The predicted molar refractivity (Wildman–Crippen MR) is 241 cm³/mol. The number of rotatable bonds is 17. The van der Waals surface area contributed by atoms with Crippen molar-refractivity contribution < 1.29 is 29.6 Å². The Morgan fingerprint density at radius 3 is 2.10 bits per heavy atom. The number of hydrogen-bond donors (Lipinski definition) is 3. The summed E-state index contributed by atoms with van der Waals surface area (Å²) in [6.07, 6.45) is 19.8. The van der Waals surface area contributed by atoms with Crippen molar-refractivity contribution in [2.24, 2.45) is 64.1 Å². The van der Waals surface area contributed by atoms with Gasteiger partial charge in [-0.1, -0.05) is 93.4 Å². The summed E-state index contributed by atoms with van der Waals surface area (Å²) in [7, 11) is 0. The van der Waals surface area contributed by atoms with Gasteiger partial charge in [-0.15, -0.1) is 0 Å². The molecule has 0 spiro atoms. The van der Waals surface area contributed by atoms with Gasteiger partial charge >= 0.3 is 5.97 Å². The second-order valence-electron chi connectivity index (χ2n) is 22.9. The number of carbonyl (C=O) groups is 1. The fraction of sp³-hybridized carbons (Fsp3) is 0.868. The average molecular weight is 821 g/mol. The van der Waals surface area contributed by atoms with Gasteiger partial charge in [0.15, 0.2) is 0 Å². The monoisotopic (exact) mass is 821 g/mol. The van der Waals surface area contributed by atoms with Gasteiger partial charge in [0.1, 0.15) is 17.1 Å². The largest absolute Gasteiger partial charge is 0.487 e. The molecule has 5 aliphatic rings. The van der Waals surface area contributed by atoms with Crippen molar-refractivity contribution in [2.75, 3.05) is 0 Å². The first-order valence-corrected chi connectivity index (χ1v) is 24.9. The van der Waals surface area contributed by atoms with E-state index in [4.69, 9.17) is 9.47 Å². The molecule has 1 heterocycles. The summed E-state index contributed by atoms with van der Waals surface area (Å²) in [6.45, 7) is 25.1. The summed E-state index contributed by atoms with van der Waals surface area (Å²) in [4.78, 5) is 13.7. The Morgan fingerprint density at radius 1 is 0.763 bits per heavy atom. The minimum atomic E-state index is -0.422. The first kappa shape index (κ1) is 46.9. The van der Waals surface area contributed by atoms with Crippen LogP contribution in [0.15, 0.2) is 0 Å². The number of benzene rings is 1. The standard InChI is InChI=1S/C53H88O6/c1-32(2)15-12-16-33(3)17-13-18-34(4)19-14-26-51(9)27-25-41-38(8)49(36(6)37(7)50(41)59-51)58-47(57)23-20-35(5)42-21-22-43-48-44(31-46(56)53(42,43)11)52(10)28-24-40(54)29-39(52)30-45(48)55/h32-35,39-40,42-46,48,54-56H,12-31H2,1-11H3/t33-,34-,35-,39+,40-,42-,43+,44+,45-,46+,48+,51+,52+,53-/m1/s1. The molecule has 4 fully saturated rings. The second kappa shape index (κ2) is 19.0. The van der Waals surface area contributed by atoms with Crippen molar-refractivity contribution in [3.8, 4) is 11.5 Å². The van der Waals surface area contributed by atoms with Crippen LogP contribution in [0.4, 0.5) is 0 Å². The zero-order chi connectivity index (χ0) is 43.0. The third-order valence-electron chi connectivity index (χ3n) is 18.4. The summed E-state index contributed by atoms with van der Waals surface area (Å²) in [6, 6.07) is 0. The molecule has 3 N–H and O–H groups in total. The van der Waals surface area contributed by atoms with E-state index in [9.17, 15) is 20.1 Å². The SMILES string of the molecule is Cc1c(C)c2c(c(C)c1OC(=O)CC[C@@H](C)[C@H]1CC[C@H]3[C@@H]4[C@H](O)C[C@@H]5C[C@H](O)CC[C@]5(C)[C@H]4C[C@H](O)[C@]13C)CC[C@](C)(CCC[C@H](C)CCC[C@H](C)CCCC(C)C)O2. The Morgan fingerprint density at radius 2 is 1.42 bits per heavy atom. The zero-order valence-corrected chi connectivity index (χ0v) is 39.6. The Balaban J connectivity index is 1.00. The van der Waals surface area contributed by atoms with Crippen LogP contribution in [0.25, 0.3) is 0 Å². The van der Waals surface area contributed by atoms with E-state index in [1.807, 2.05) is 0 Å². The number of aliphatic hydroxyl groups is 3. The van der Waals surface area contributed by atoms with Crippen LogP contribution in [0.1, 0.15) is 200 Å². The molecule has 14 atom stereocenters. The minimum absolute atomic E-state index is 0.0689. The lowest BCUT2D eigenvalue weighted by Crippen LogP contribution is -2.62. The number of esters is 1. The van der Waals surface area contributed by atoms with E-state index in [0.717, 1.165) is 111 Å². The van der Waals surface area contributed by atoms with Crippen molar-refractivity contribution in [1.29, 1.82) is 0 Å². The highest BCUT2D eigenvalue weighted by Crippen LogP contribution is 2.68. The van der Waals surface area contributed by atoms with Gasteiger partial charge < -0.3 is 24.8 Å². The van der Waals surface area contributed by atoms with Gasteiger partial charge in [0.2, 0.25) is 0 Å². The van der Waals surface area contributed by atoms with Crippen LogP contribution < -0.4 is 9.47 Å². The molecule has 0 amide bonds. The Labute approximate surface area is 360 Å². The molecular weight excluding hydrogens is 733 g/mol. The molecule has 6 heteroatoms. The number of ether oxygens (including phenoxy) is 2. The van der Waals surface area contributed by atoms with Crippen molar-refractivity contribution in [1.82, 2.24) is 0 Å². The van der Waals surface area contributed by atoms with E-state index in [2.05, 4.69) is 76.2 Å². The topological polar surface area (TPSA) is 96.2 Å². The Bertz CT molecular complexity index is 1590. The van der Waals surface area contributed by atoms with E-state index in [-0.39, 0.29) is 52.4 Å². The van der Waals surface area contributed by atoms with E-state index in [1.165, 1.54) is 56.9 Å². The lowest BCUT2D eigenvalue weighted by Gasteiger charge is -2.63. The highest BCUT2D eigenvalue weighted by Gasteiger charge is 2.65. The van der Waals surface area contributed by atoms with Gasteiger partial charge in [-0.3, -0.25) is 4.79 Å². The van der Waals surface area contributed by atoms with Gasteiger partial charge in [0, 0.05) is 12.0 Å². The van der Waals surface area contributed by atoms with Crippen molar-refractivity contribution in [2.45, 2.75) is 228 Å². The summed E-state index contributed by atoms with van der Waals surface area (Å²) in [5.74, 6) is 5.60. The normalized spacial score (nSPS) is 36.8. The summed E-state index contributed by atoms with van der Waals surface area (Å²) < 4.78 is 13.2. The minimum Gasteiger partial charge on any atom is -0.487 e. The first-order valence-electron chi connectivity index (χ1n) is 24.9. The molecule has 0 bridgehead atoms. The molecule has 0 aromatic heterocycles. The third-order valence-corrected chi connectivity index (χ3v) is 18.4. The summed E-state index contributed by atoms with van der Waals surface area (Å²) in [5, 5.41) is 34.2. The third kappa shape index (κ3) is 9.80. The number of aliphatic hydroxyl groups excluding tert-OH is 3. The molecule has 1 aliphatic heterocycles. The highest BCUT2D eigenvalue weighted by molar-refractivity contribution is 5.74. The van der Waals surface area contributed by atoms with Crippen molar-refractivity contribution in [3.63, 3.8) is 0 Å². The molecular formula is C53H88O6. The zero-order valence-electron chi connectivity index (χ0n) is 39.6. The fourth-order valence-electron chi connectivity index (χ4n) is 14.3. The maximum absolute atomic E-state index is 13.7. The van der Waals surface area contributed by atoms with E-state index in [0.29, 0.717) is 29.9 Å². The van der Waals surface area contributed by atoms with Crippen LogP contribution in [-0.4, -0.2) is 45.2 Å². The van der Waals surface area contributed by atoms with E-state index >= 15 is 0 Å². The Kier molecular flexibility index (Phi) is 15.1. The molecule has 6 nitrogen and oxygen atoms in total. The summed E-state index contributed by atoms with van der Waals surface area (Å²) >= 11 is 0. The van der Waals surface area contributed by atoms with Crippen LogP contribution in [0, 0.1) is 84.9 Å². The molecule has 336 valence electrons. The molecule has 0 radical (unpaired) electrons. The first-order chi connectivity index (χ1) is 27.8. The van der Waals surface area contributed by atoms with Crippen LogP contribution in [0.3, 0.4) is 0 Å². The molecule has 0 saturated heterocycles. The average Bonchev–Trinajstić information content (AvgIpc) is 3.53. The molecule has 6 rings (SSSR count). The molecule has 0 unspecified atom stereocenters. The predicted octanol–water partition coefficient (Wildman–Crippen LogP) is 12.4. The molecule has 4 aliphatic carbocycles. The lowest BCUT2D eigenvalue weighted by molar-refractivity contribution is -0.207. The lowest BCUT2D eigenvalue weighted by atomic mass is 9.43. The van der Waals surface area contributed by atoms with Crippen molar-refractivity contribution >= 4 is 5.97 Å². The highest BCUT2D eigenvalue weighted by atomic mass is 16.5. The Hall–Kier alpha value is -1.63. The summed E-state index contributed by atoms with van der Waals surface area (Å²) in [5.41, 5.74) is 3.95. The van der Waals surface area contributed by atoms with Crippen LogP contribution >= 0.6 is 0 Å². The second-order valence-corrected chi connectivity index (χ2v) is 22.9. The van der Waals surface area contributed by atoms with Gasteiger partial charge in [-0.05, 0) is 186 Å². The number of hydrogen-bond acceptors (Lipinski definition) is 6. The maximum Gasteiger partial charge on any atom is 0.311 e. The number of carbonyl (C=O) groups excluding carboxylic acids is 1. The quantitative estimate of drug-likeness (QED) is 0.107. The van der Waals surface area contributed by atoms with Crippen molar-refractivity contribution in [3.05, 3.63) is 22.3 Å².